The highest BCUT2D eigenvalue weighted by molar-refractivity contribution is 7.91. The van der Waals surface area contributed by atoms with Crippen molar-refractivity contribution in [1.29, 1.82) is 0 Å². The Kier molecular flexibility index (Phi) is 5.68. The maximum atomic E-state index is 14.3. The van der Waals surface area contributed by atoms with Gasteiger partial charge in [-0.3, -0.25) is 4.98 Å². The van der Waals surface area contributed by atoms with Crippen LogP contribution in [0.3, 0.4) is 0 Å². The molecule has 1 heterocycles. The van der Waals surface area contributed by atoms with E-state index in [-0.39, 0.29) is 35.8 Å². The number of sulfone groups is 1. The van der Waals surface area contributed by atoms with E-state index < -0.39 is 15.7 Å². The molecule has 3 nitrogen and oxygen atoms in total. The zero-order valence-corrected chi connectivity index (χ0v) is 18.7. The van der Waals surface area contributed by atoms with Gasteiger partial charge in [-0.05, 0) is 48.0 Å². The van der Waals surface area contributed by atoms with Gasteiger partial charge in [0.2, 0.25) is 9.84 Å². The Bertz CT molecular complexity index is 1400. The van der Waals surface area contributed by atoms with E-state index in [1.54, 1.807) is 24.3 Å². The third kappa shape index (κ3) is 3.88. The van der Waals surface area contributed by atoms with Crippen molar-refractivity contribution in [1.82, 2.24) is 4.98 Å². The molecule has 0 bridgehead atoms. The van der Waals surface area contributed by atoms with E-state index in [0.29, 0.717) is 16.1 Å². The summed E-state index contributed by atoms with van der Waals surface area (Å²) in [4.78, 5) is 3.95. The van der Waals surface area contributed by atoms with E-state index in [2.05, 4.69) is 4.98 Å². The Balaban J connectivity index is 2.12. The van der Waals surface area contributed by atoms with Crippen molar-refractivity contribution in [3.8, 4) is 11.1 Å². The lowest BCUT2D eigenvalue weighted by molar-refractivity contribution is 0.596. The number of halogens is 5. The summed E-state index contributed by atoms with van der Waals surface area (Å²) in [5.74, 6) is -0.699. The maximum Gasteiger partial charge on any atom is 0.208 e. The van der Waals surface area contributed by atoms with E-state index in [9.17, 15) is 12.8 Å². The highest BCUT2D eigenvalue weighted by atomic mass is 35.5. The largest absolute Gasteiger partial charge is 0.255 e. The second kappa shape index (κ2) is 7.98. The molecule has 0 atom stereocenters. The fraction of sp³-hybridized carbons (Fsp3) is 0. The molecule has 0 aliphatic heterocycles. The summed E-state index contributed by atoms with van der Waals surface area (Å²) in [7, 11) is -4.12. The topological polar surface area (TPSA) is 47.0 Å². The van der Waals surface area contributed by atoms with Crippen LogP contribution in [-0.2, 0) is 9.84 Å². The van der Waals surface area contributed by atoms with Gasteiger partial charge in [-0.25, -0.2) is 12.8 Å². The molecule has 0 aliphatic carbocycles. The normalized spacial score (nSPS) is 11.8. The Labute approximate surface area is 191 Å². The van der Waals surface area contributed by atoms with Crippen molar-refractivity contribution in [2.75, 3.05) is 0 Å². The van der Waals surface area contributed by atoms with Gasteiger partial charge in [-0.2, -0.15) is 0 Å². The first-order chi connectivity index (χ1) is 14.2. The first kappa shape index (κ1) is 21.3. The van der Waals surface area contributed by atoms with E-state index >= 15 is 0 Å². The Morgan fingerprint density at radius 3 is 2.20 bits per heavy atom. The van der Waals surface area contributed by atoms with Gasteiger partial charge in [0.15, 0.2) is 0 Å². The van der Waals surface area contributed by atoms with Crippen LogP contribution in [0.1, 0.15) is 0 Å². The molecule has 0 N–H and O–H groups in total. The Morgan fingerprint density at radius 2 is 1.53 bits per heavy atom. The van der Waals surface area contributed by atoms with Crippen LogP contribution in [0.5, 0.6) is 0 Å². The molecule has 4 aromatic rings. The van der Waals surface area contributed by atoms with Gasteiger partial charge in [0.05, 0.1) is 20.3 Å². The number of hydrogen-bond acceptors (Lipinski definition) is 3. The molecule has 4 rings (SSSR count). The summed E-state index contributed by atoms with van der Waals surface area (Å²) in [6.45, 7) is 0. The second-order valence-corrected chi connectivity index (χ2v) is 10.0. The zero-order chi connectivity index (χ0) is 21.6. The van der Waals surface area contributed by atoms with Crippen molar-refractivity contribution in [2.45, 2.75) is 9.79 Å². The lowest BCUT2D eigenvalue weighted by Gasteiger charge is -2.15. The molecule has 0 spiro atoms. The van der Waals surface area contributed by atoms with Gasteiger partial charge in [-0.1, -0.05) is 58.5 Å². The maximum absolute atomic E-state index is 14.3. The van der Waals surface area contributed by atoms with Gasteiger partial charge in [0.25, 0.3) is 0 Å². The first-order valence-corrected chi connectivity index (χ1v) is 11.4. The monoisotopic (exact) mass is 499 g/mol. The van der Waals surface area contributed by atoms with Crippen molar-refractivity contribution in [3.63, 3.8) is 0 Å². The van der Waals surface area contributed by atoms with Crippen molar-refractivity contribution in [2.24, 2.45) is 0 Å². The summed E-state index contributed by atoms with van der Waals surface area (Å²) >= 11 is 24.0. The van der Waals surface area contributed by atoms with Gasteiger partial charge in [0, 0.05) is 32.2 Å². The van der Waals surface area contributed by atoms with E-state index in [4.69, 9.17) is 46.4 Å². The van der Waals surface area contributed by atoms with Crippen LogP contribution < -0.4 is 0 Å². The molecule has 0 saturated heterocycles. The van der Waals surface area contributed by atoms with Crippen LogP contribution in [0.2, 0.25) is 20.1 Å². The second-order valence-electron chi connectivity index (χ2n) is 6.40. The minimum absolute atomic E-state index is 0.112. The SMILES string of the molecule is O=S(=O)(c1cc(Cl)cc(Cl)c1)c1cnc2cc(Cl)c(F)cc2c1-c1cccc(Cl)c1. The molecular formula is C21H10Cl4FNO2S. The predicted octanol–water partition coefficient (Wildman–Crippen LogP) is 7.49. The standard InChI is InChI=1S/C21H10Cl4FNO2S/c22-12-3-1-2-11(4-12)21-16-8-18(26)17(25)9-19(16)27-10-20(21)30(28,29)15-6-13(23)5-14(24)7-15/h1-10H. The molecule has 1 aromatic heterocycles. The number of aromatic nitrogens is 1. The molecule has 0 fully saturated rings. The number of nitrogens with zero attached hydrogens (tertiary/aromatic N) is 1. The number of rotatable bonds is 3. The average molecular weight is 501 g/mol. The summed E-state index contributed by atoms with van der Waals surface area (Å²) in [5, 5.41) is 0.868. The number of fused-ring (bicyclic) bond motifs is 1. The molecule has 152 valence electrons. The third-order valence-corrected chi connectivity index (χ3v) is 7.13. The molecule has 0 amide bonds. The van der Waals surface area contributed by atoms with E-state index in [0.717, 1.165) is 6.07 Å². The molecule has 0 unspecified atom stereocenters. The van der Waals surface area contributed by atoms with Crippen LogP contribution in [0.25, 0.3) is 22.0 Å². The molecule has 0 saturated carbocycles. The fourth-order valence-corrected chi connectivity index (χ4v) is 5.63. The first-order valence-electron chi connectivity index (χ1n) is 8.42. The van der Waals surface area contributed by atoms with Crippen molar-refractivity contribution in [3.05, 3.63) is 86.7 Å². The molecule has 3 aromatic carbocycles. The molecule has 0 radical (unpaired) electrons. The highest BCUT2D eigenvalue weighted by Gasteiger charge is 2.26. The molecule has 9 heteroatoms. The van der Waals surface area contributed by atoms with E-state index in [1.807, 2.05) is 0 Å². The van der Waals surface area contributed by atoms with Crippen LogP contribution in [0.15, 0.2) is 70.6 Å². The summed E-state index contributed by atoms with van der Waals surface area (Å²) < 4.78 is 41.3. The van der Waals surface area contributed by atoms with Gasteiger partial charge < -0.3 is 0 Å². The molecule has 30 heavy (non-hydrogen) atoms. The van der Waals surface area contributed by atoms with Crippen LogP contribution >= 0.6 is 46.4 Å². The van der Waals surface area contributed by atoms with Crippen LogP contribution in [0, 0.1) is 5.82 Å². The van der Waals surface area contributed by atoms with Crippen molar-refractivity contribution >= 4 is 67.1 Å². The van der Waals surface area contributed by atoms with Crippen LogP contribution in [0.4, 0.5) is 4.39 Å². The van der Waals surface area contributed by atoms with Gasteiger partial charge in [0.1, 0.15) is 5.82 Å². The quantitative estimate of drug-likeness (QED) is 0.292. The summed E-state index contributed by atoms with van der Waals surface area (Å²) in [6, 6.07) is 13.1. The third-order valence-electron chi connectivity index (χ3n) is 4.42. The lowest BCUT2D eigenvalue weighted by atomic mass is 10.0. The fourth-order valence-electron chi connectivity index (χ4n) is 3.12. The van der Waals surface area contributed by atoms with Crippen molar-refractivity contribution < 1.29 is 12.8 Å². The number of benzene rings is 3. The summed E-state index contributed by atoms with van der Waals surface area (Å²) in [6.07, 6.45) is 1.21. The molecule has 0 aliphatic rings. The Morgan fingerprint density at radius 1 is 0.833 bits per heavy atom. The number of pyridine rings is 1. The average Bonchev–Trinajstić information content (AvgIpc) is 2.67. The lowest BCUT2D eigenvalue weighted by Crippen LogP contribution is -2.06. The van der Waals surface area contributed by atoms with E-state index in [1.165, 1.54) is 30.5 Å². The van der Waals surface area contributed by atoms with Crippen LogP contribution in [-0.4, -0.2) is 13.4 Å². The number of hydrogen-bond donors (Lipinski definition) is 0. The predicted molar refractivity (Wildman–Crippen MR) is 119 cm³/mol. The minimum atomic E-state index is -4.12. The Hall–Kier alpha value is -1.89. The highest BCUT2D eigenvalue weighted by Crippen LogP contribution is 2.39. The molecular weight excluding hydrogens is 491 g/mol. The minimum Gasteiger partial charge on any atom is -0.255 e. The summed E-state index contributed by atoms with van der Waals surface area (Å²) in [5.41, 5.74) is 1.05. The van der Waals surface area contributed by atoms with Gasteiger partial charge in [-0.15, -0.1) is 0 Å². The van der Waals surface area contributed by atoms with Gasteiger partial charge >= 0.3 is 0 Å². The smallest absolute Gasteiger partial charge is 0.208 e. The zero-order valence-electron chi connectivity index (χ0n) is 14.8.